The van der Waals surface area contributed by atoms with E-state index in [2.05, 4.69) is 20.4 Å². The molecule has 1 rings (SSSR count). The third kappa shape index (κ3) is 3.42. The lowest BCUT2D eigenvalue weighted by molar-refractivity contribution is -0.142. The van der Waals surface area contributed by atoms with Gasteiger partial charge in [-0.3, -0.25) is 9.78 Å². The molecule has 98 valence electrons. The van der Waals surface area contributed by atoms with Gasteiger partial charge >= 0.3 is 5.97 Å². The summed E-state index contributed by atoms with van der Waals surface area (Å²) in [6, 6.07) is 2.18. The first-order valence-electron chi connectivity index (χ1n) is 5.25. The number of amides is 1. The largest absolute Gasteiger partial charge is 0.467 e. The Morgan fingerprint density at radius 1 is 1.56 bits per heavy atom. The minimum Gasteiger partial charge on any atom is -0.467 e. The van der Waals surface area contributed by atoms with Crippen molar-refractivity contribution < 1.29 is 19.4 Å². The molecule has 0 aliphatic rings. The van der Waals surface area contributed by atoms with Crippen LogP contribution in [0.5, 0.6) is 0 Å². The summed E-state index contributed by atoms with van der Waals surface area (Å²) >= 11 is 0. The molecule has 1 unspecified atom stereocenters. The van der Waals surface area contributed by atoms with Gasteiger partial charge in [0.2, 0.25) is 0 Å². The Hall–Kier alpha value is -2.15. The first-order valence-corrected chi connectivity index (χ1v) is 5.25. The predicted molar refractivity (Wildman–Crippen MR) is 64.1 cm³/mol. The van der Waals surface area contributed by atoms with Gasteiger partial charge in [0.25, 0.3) is 5.91 Å². The highest BCUT2D eigenvalue weighted by molar-refractivity contribution is 5.93. The van der Waals surface area contributed by atoms with E-state index < -0.39 is 18.6 Å². The highest BCUT2D eigenvalue weighted by Gasteiger charge is 2.18. The van der Waals surface area contributed by atoms with Crippen LogP contribution in [0.1, 0.15) is 10.5 Å². The van der Waals surface area contributed by atoms with Crippen molar-refractivity contribution in [1.82, 2.24) is 10.3 Å². The zero-order valence-corrected chi connectivity index (χ0v) is 10.1. The fraction of sp³-hybridized carbons (Fsp3) is 0.364. The molecule has 0 aromatic carbocycles. The van der Waals surface area contributed by atoms with E-state index in [1.807, 2.05) is 0 Å². The summed E-state index contributed by atoms with van der Waals surface area (Å²) in [4.78, 5) is 26.5. The van der Waals surface area contributed by atoms with Crippen molar-refractivity contribution in [3.63, 3.8) is 0 Å². The van der Waals surface area contributed by atoms with E-state index >= 15 is 0 Å². The quantitative estimate of drug-likeness (QED) is 0.605. The topological polar surface area (TPSA) is 101 Å². The Morgan fingerprint density at radius 3 is 2.83 bits per heavy atom. The zero-order valence-electron chi connectivity index (χ0n) is 10.1. The number of aliphatic hydroxyl groups excluding tert-OH is 1. The van der Waals surface area contributed by atoms with Crippen LogP contribution in [0.2, 0.25) is 0 Å². The summed E-state index contributed by atoms with van der Waals surface area (Å²) in [6.07, 6.45) is 1.43. The molecule has 3 N–H and O–H groups in total. The van der Waals surface area contributed by atoms with Crippen molar-refractivity contribution >= 4 is 17.6 Å². The third-order valence-corrected chi connectivity index (χ3v) is 2.23. The van der Waals surface area contributed by atoms with Crippen molar-refractivity contribution in [2.24, 2.45) is 0 Å². The summed E-state index contributed by atoms with van der Waals surface area (Å²) in [5.74, 6) is -0.923. The number of anilines is 1. The molecule has 1 aromatic rings. The Morgan fingerprint density at radius 2 is 2.28 bits per heavy atom. The number of aliphatic hydroxyl groups is 1. The molecular weight excluding hydrogens is 238 g/mol. The summed E-state index contributed by atoms with van der Waals surface area (Å²) in [6.45, 7) is -0.412. The molecule has 18 heavy (non-hydrogen) atoms. The van der Waals surface area contributed by atoms with E-state index in [1.165, 1.54) is 26.4 Å². The number of pyridine rings is 1. The second-order valence-electron chi connectivity index (χ2n) is 3.41. The number of rotatable bonds is 5. The Labute approximate surface area is 104 Å². The molecule has 7 heteroatoms. The SMILES string of the molecule is CNC(=O)c1cc(NC(CO)C(=O)OC)ccn1. The van der Waals surface area contributed by atoms with E-state index in [0.29, 0.717) is 5.69 Å². The average molecular weight is 253 g/mol. The number of hydrogen-bond acceptors (Lipinski definition) is 6. The second-order valence-corrected chi connectivity index (χ2v) is 3.41. The molecule has 0 bridgehead atoms. The van der Waals surface area contributed by atoms with Crippen LogP contribution in [0.15, 0.2) is 18.3 Å². The molecule has 1 amide bonds. The maximum atomic E-state index is 11.4. The van der Waals surface area contributed by atoms with Gasteiger partial charge in [-0.1, -0.05) is 0 Å². The number of methoxy groups -OCH3 is 1. The Bertz CT molecular complexity index is 436. The van der Waals surface area contributed by atoms with Crippen molar-refractivity contribution in [3.8, 4) is 0 Å². The Kier molecular flexibility index (Phi) is 5.06. The van der Waals surface area contributed by atoms with Crippen LogP contribution in [0.4, 0.5) is 5.69 Å². The second kappa shape index (κ2) is 6.55. The summed E-state index contributed by atoms with van der Waals surface area (Å²) < 4.78 is 4.52. The van der Waals surface area contributed by atoms with Crippen molar-refractivity contribution in [1.29, 1.82) is 0 Å². The lowest BCUT2D eigenvalue weighted by atomic mass is 10.2. The van der Waals surface area contributed by atoms with Gasteiger partial charge in [-0.15, -0.1) is 0 Å². The van der Waals surface area contributed by atoms with Crippen molar-refractivity contribution in [2.75, 3.05) is 26.1 Å². The van der Waals surface area contributed by atoms with E-state index in [0.717, 1.165) is 0 Å². The van der Waals surface area contributed by atoms with E-state index in [9.17, 15) is 9.59 Å². The molecule has 7 nitrogen and oxygen atoms in total. The number of carbonyl (C=O) groups is 2. The molecule has 0 radical (unpaired) electrons. The van der Waals surface area contributed by atoms with Crippen LogP contribution in [-0.2, 0) is 9.53 Å². The molecule has 0 saturated carbocycles. The molecule has 0 saturated heterocycles. The number of esters is 1. The fourth-order valence-corrected chi connectivity index (χ4v) is 1.30. The number of hydrogen-bond donors (Lipinski definition) is 3. The van der Waals surface area contributed by atoms with E-state index in [-0.39, 0.29) is 11.6 Å². The number of nitrogens with one attached hydrogen (secondary N) is 2. The van der Waals surface area contributed by atoms with Crippen LogP contribution in [0, 0.1) is 0 Å². The molecule has 0 aliphatic heterocycles. The van der Waals surface area contributed by atoms with E-state index in [1.54, 1.807) is 6.07 Å². The van der Waals surface area contributed by atoms with E-state index in [4.69, 9.17) is 5.11 Å². The molecular formula is C11H15N3O4. The van der Waals surface area contributed by atoms with Gasteiger partial charge in [-0.05, 0) is 12.1 Å². The van der Waals surface area contributed by atoms with Crippen molar-refractivity contribution in [3.05, 3.63) is 24.0 Å². The monoisotopic (exact) mass is 253 g/mol. The third-order valence-electron chi connectivity index (χ3n) is 2.23. The van der Waals surface area contributed by atoms with Gasteiger partial charge in [0.1, 0.15) is 11.7 Å². The van der Waals surface area contributed by atoms with Crippen LogP contribution >= 0.6 is 0 Å². The molecule has 0 spiro atoms. The van der Waals surface area contributed by atoms with Crippen LogP contribution in [0.25, 0.3) is 0 Å². The number of nitrogens with zero attached hydrogens (tertiary/aromatic N) is 1. The van der Waals surface area contributed by atoms with Gasteiger partial charge in [0.05, 0.1) is 13.7 Å². The smallest absolute Gasteiger partial charge is 0.330 e. The highest BCUT2D eigenvalue weighted by atomic mass is 16.5. The van der Waals surface area contributed by atoms with Crippen LogP contribution in [-0.4, -0.2) is 48.8 Å². The lowest BCUT2D eigenvalue weighted by Crippen LogP contribution is -2.34. The van der Waals surface area contributed by atoms with Gasteiger partial charge < -0.3 is 20.5 Å². The summed E-state index contributed by atoms with van der Waals surface area (Å²) in [5, 5.41) is 14.2. The fourth-order valence-electron chi connectivity index (χ4n) is 1.30. The maximum absolute atomic E-state index is 11.4. The number of ether oxygens (including phenoxy) is 1. The standard InChI is InChI=1S/C11H15N3O4/c1-12-10(16)8-5-7(3-4-13-8)14-9(6-15)11(17)18-2/h3-5,9,15H,6H2,1-2H3,(H,12,16)(H,13,14). The first-order chi connectivity index (χ1) is 8.62. The molecule has 1 heterocycles. The first kappa shape index (κ1) is 13.9. The lowest BCUT2D eigenvalue weighted by Gasteiger charge is -2.15. The minimum absolute atomic E-state index is 0.212. The zero-order chi connectivity index (χ0) is 13.5. The van der Waals surface area contributed by atoms with Crippen LogP contribution < -0.4 is 10.6 Å². The number of aromatic nitrogens is 1. The molecule has 0 aliphatic carbocycles. The van der Waals surface area contributed by atoms with Gasteiger partial charge in [-0.25, -0.2) is 4.79 Å². The Balaban J connectivity index is 2.84. The average Bonchev–Trinajstić information content (AvgIpc) is 2.43. The minimum atomic E-state index is -0.880. The predicted octanol–water partition coefficient (Wildman–Crippen LogP) is -0.613. The number of carbonyl (C=O) groups excluding carboxylic acids is 2. The molecule has 1 atom stereocenters. The highest BCUT2D eigenvalue weighted by Crippen LogP contribution is 2.10. The van der Waals surface area contributed by atoms with Gasteiger partial charge in [0, 0.05) is 18.9 Å². The van der Waals surface area contributed by atoms with Crippen molar-refractivity contribution in [2.45, 2.75) is 6.04 Å². The normalized spacial score (nSPS) is 11.5. The summed E-state index contributed by atoms with van der Waals surface area (Å²) in [7, 11) is 2.73. The molecule has 1 aromatic heterocycles. The maximum Gasteiger partial charge on any atom is 0.330 e. The summed E-state index contributed by atoms with van der Waals surface area (Å²) in [5.41, 5.74) is 0.706. The van der Waals surface area contributed by atoms with Crippen LogP contribution in [0.3, 0.4) is 0 Å². The molecule has 0 fully saturated rings. The van der Waals surface area contributed by atoms with Gasteiger partial charge in [-0.2, -0.15) is 0 Å². The van der Waals surface area contributed by atoms with Gasteiger partial charge in [0.15, 0.2) is 0 Å².